The van der Waals surface area contributed by atoms with Crippen molar-refractivity contribution in [2.75, 3.05) is 17.7 Å². The Morgan fingerprint density at radius 1 is 1.04 bits per heavy atom. The molecule has 2 aromatic carbocycles. The molecule has 0 aliphatic heterocycles. The van der Waals surface area contributed by atoms with Crippen molar-refractivity contribution >= 4 is 23.2 Å². The van der Waals surface area contributed by atoms with Crippen LogP contribution in [0.3, 0.4) is 0 Å². The highest BCUT2D eigenvalue weighted by Crippen LogP contribution is 2.26. The van der Waals surface area contributed by atoms with Crippen molar-refractivity contribution in [1.82, 2.24) is 0 Å². The van der Waals surface area contributed by atoms with E-state index in [-0.39, 0.29) is 11.8 Å². The Balaban J connectivity index is 2.02. The third-order valence-corrected chi connectivity index (χ3v) is 3.79. The van der Waals surface area contributed by atoms with E-state index >= 15 is 0 Å². The molecule has 0 aromatic heterocycles. The van der Waals surface area contributed by atoms with Gasteiger partial charge in [0.1, 0.15) is 5.75 Å². The summed E-state index contributed by atoms with van der Waals surface area (Å²) in [5, 5.41) is 5.67. The van der Waals surface area contributed by atoms with Crippen molar-refractivity contribution in [3.63, 3.8) is 0 Å². The van der Waals surface area contributed by atoms with Crippen LogP contribution in [0, 0.1) is 6.92 Å². The van der Waals surface area contributed by atoms with Crippen molar-refractivity contribution < 1.29 is 14.3 Å². The standard InChI is InChI=1S/C20H24N2O3/c1-4-5-6-19(23)21-16-10-8-15(9-11-16)20(24)22-17-12-7-14(2)13-18(17)25-3/h7-13H,4-6H2,1-3H3,(H,21,23)(H,22,24). The van der Waals surface area contributed by atoms with Gasteiger partial charge in [0, 0.05) is 17.7 Å². The number of amides is 2. The smallest absolute Gasteiger partial charge is 0.255 e. The molecule has 0 heterocycles. The predicted molar refractivity (Wildman–Crippen MR) is 100 cm³/mol. The molecule has 132 valence electrons. The van der Waals surface area contributed by atoms with Crippen LogP contribution in [0.5, 0.6) is 5.75 Å². The summed E-state index contributed by atoms with van der Waals surface area (Å²) in [6, 6.07) is 12.4. The van der Waals surface area contributed by atoms with Crippen LogP contribution in [0.4, 0.5) is 11.4 Å². The zero-order valence-corrected chi connectivity index (χ0v) is 14.9. The van der Waals surface area contributed by atoms with Gasteiger partial charge in [-0.15, -0.1) is 0 Å². The Morgan fingerprint density at radius 2 is 1.76 bits per heavy atom. The summed E-state index contributed by atoms with van der Waals surface area (Å²) in [7, 11) is 1.57. The molecule has 25 heavy (non-hydrogen) atoms. The molecule has 0 saturated carbocycles. The van der Waals surface area contributed by atoms with Crippen LogP contribution in [0.2, 0.25) is 0 Å². The topological polar surface area (TPSA) is 67.4 Å². The van der Waals surface area contributed by atoms with Crippen LogP contribution in [-0.4, -0.2) is 18.9 Å². The maximum Gasteiger partial charge on any atom is 0.255 e. The van der Waals surface area contributed by atoms with Crippen LogP contribution in [0.15, 0.2) is 42.5 Å². The number of ether oxygens (including phenoxy) is 1. The highest BCUT2D eigenvalue weighted by atomic mass is 16.5. The second-order valence-electron chi connectivity index (χ2n) is 5.89. The van der Waals surface area contributed by atoms with Gasteiger partial charge in [-0.05, 0) is 55.3 Å². The lowest BCUT2D eigenvalue weighted by Crippen LogP contribution is -2.14. The minimum atomic E-state index is -0.231. The van der Waals surface area contributed by atoms with Crippen LogP contribution in [-0.2, 0) is 4.79 Å². The molecule has 0 fully saturated rings. The number of carbonyl (C=O) groups excluding carboxylic acids is 2. The zero-order valence-electron chi connectivity index (χ0n) is 14.9. The van der Waals surface area contributed by atoms with Gasteiger partial charge in [-0.2, -0.15) is 0 Å². The SMILES string of the molecule is CCCCC(=O)Nc1ccc(C(=O)Nc2ccc(C)cc2OC)cc1. The summed E-state index contributed by atoms with van der Waals surface area (Å²) in [6.45, 7) is 4.01. The number of benzene rings is 2. The monoisotopic (exact) mass is 340 g/mol. The summed E-state index contributed by atoms with van der Waals surface area (Å²) in [5.74, 6) is 0.377. The molecule has 0 unspecified atom stereocenters. The predicted octanol–water partition coefficient (Wildman–Crippen LogP) is 4.38. The van der Waals surface area contributed by atoms with Gasteiger partial charge in [-0.25, -0.2) is 0 Å². The van der Waals surface area contributed by atoms with E-state index in [2.05, 4.69) is 10.6 Å². The first-order valence-electron chi connectivity index (χ1n) is 8.39. The van der Waals surface area contributed by atoms with Crippen molar-refractivity contribution in [2.24, 2.45) is 0 Å². The van der Waals surface area contributed by atoms with Gasteiger partial charge in [0.05, 0.1) is 12.8 Å². The van der Waals surface area contributed by atoms with E-state index in [1.54, 1.807) is 31.4 Å². The average Bonchev–Trinajstić information content (AvgIpc) is 2.62. The Bertz CT molecular complexity index is 739. The van der Waals surface area contributed by atoms with Gasteiger partial charge in [0.15, 0.2) is 0 Å². The number of nitrogens with one attached hydrogen (secondary N) is 2. The van der Waals surface area contributed by atoms with E-state index in [0.717, 1.165) is 18.4 Å². The summed E-state index contributed by atoms with van der Waals surface area (Å²) in [6.07, 6.45) is 2.35. The fourth-order valence-corrected chi connectivity index (χ4v) is 2.36. The third kappa shape index (κ3) is 5.35. The minimum absolute atomic E-state index is 0.0107. The maximum atomic E-state index is 12.4. The third-order valence-electron chi connectivity index (χ3n) is 3.79. The molecule has 0 aliphatic rings. The Kier molecular flexibility index (Phi) is 6.57. The molecule has 0 aliphatic carbocycles. The first-order valence-corrected chi connectivity index (χ1v) is 8.39. The Hall–Kier alpha value is -2.82. The van der Waals surface area contributed by atoms with E-state index < -0.39 is 0 Å². The van der Waals surface area contributed by atoms with Gasteiger partial charge in [0.25, 0.3) is 5.91 Å². The number of unbranched alkanes of at least 4 members (excludes halogenated alkanes) is 1. The number of hydrogen-bond donors (Lipinski definition) is 2. The molecule has 2 amide bonds. The van der Waals surface area contributed by atoms with Gasteiger partial charge in [0.2, 0.25) is 5.91 Å². The Labute approximate surface area is 148 Å². The van der Waals surface area contributed by atoms with Crippen molar-refractivity contribution in [1.29, 1.82) is 0 Å². The molecule has 0 spiro atoms. The van der Waals surface area contributed by atoms with Crippen LogP contribution in [0.1, 0.15) is 42.1 Å². The summed E-state index contributed by atoms with van der Waals surface area (Å²) in [4.78, 5) is 24.1. The fourth-order valence-electron chi connectivity index (χ4n) is 2.36. The molecule has 0 radical (unpaired) electrons. The van der Waals surface area contributed by atoms with Gasteiger partial charge < -0.3 is 15.4 Å². The first-order chi connectivity index (χ1) is 12.0. The van der Waals surface area contributed by atoms with E-state index in [1.807, 2.05) is 32.0 Å². The summed E-state index contributed by atoms with van der Waals surface area (Å²) < 4.78 is 5.30. The number of carbonyl (C=O) groups is 2. The summed E-state index contributed by atoms with van der Waals surface area (Å²) >= 11 is 0. The van der Waals surface area contributed by atoms with E-state index in [4.69, 9.17) is 4.74 Å². The highest BCUT2D eigenvalue weighted by Gasteiger charge is 2.10. The number of methoxy groups -OCH3 is 1. The van der Waals surface area contributed by atoms with Crippen molar-refractivity contribution in [3.05, 3.63) is 53.6 Å². The number of rotatable bonds is 7. The van der Waals surface area contributed by atoms with E-state index in [9.17, 15) is 9.59 Å². The maximum absolute atomic E-state index is 12.4. The second kappa shape index (κ2) is 8.87. The first kappa shape index (κ1) is 18.5. The molecule has 5 nitrogen and oxygen atoms in total. The number of hydrogen-bond acceptors (Lipinski definition) is 3. The van der Waals surface area contributed by atoms with Crippen LogP contribution in [0.25, 0.3) is 0 Å². The molecule has 0 bridgehead atoms. The van der Waals surface area contributed by atoms with Gasteiger partial charge in [-0.3, -0.25) is 9.59 Å². The van der Waals surface area contributed by atoms with E-state index in [1.165, 1.54) is 0 Å². The Morgan fingerprint density at radius 3 is 2.40 bits per heavy atom. The lowest BCUT2D eigenvalue weighted by Gasteiger charge is -2.11. The summed E-state index contributed by atoms with van der Waals surface area (Å²) in [5.41, 5.74) is 2.87. The highest BCUT2D eigenvalue weighted by molar-refractivity contribution is 6.05. The largest absolute Gasteiger partial charge is 0.495 e. The molecule has 2 rings (SSSR count). The lowest BCUT2D eigenvalue weighted by molar-refractivity contribution is -0.116. The molecule has 2 aromatic rings. The fraction of sp³-hybridized carbons (Fsp3) is 0.300. The van der Waals surface area contributed by atoms with E-state index in [0.29, 0.717) is 29.1 Å². The van der Waals surface area contributed by atoms with Gasteiger partial charge in [-0.1, -0.05) is 19.4 Å². The molecular formula is C20H24N2O3. The normalized spacial score (nSPS) is 10.2. The molecule has 5 heteroatoms. The zero-order chi connectivity index (χ0) is 18.2. The number of aryl methyl sites for hydroxylation is 1. The van der Waals surface area contributed by atoms with Crippen LogP contribution < -0.4 is 15.4 Å². The van der Waals surface area contributed by atoms with Crippen molar-refractivity contribution in [3.8, 4) is 5.75 Å². The quantitative estimate of drug-likeness (QED) is 0.786. The second-order valence-corrected chi connectivity index (χ2v) is 5.89. The molecular weight excluding hydrogens is 316 g/mol. The van der Waals surface area contributed by atoms with Gasteiger partial charge >= 0.3 is 0 Å². The average molecular weight is 340 g/mol. The molecule has 0 saturated heterocycles. The molecule has 0 atom stereocenters. The minimum Gasteiger partial charge on any atom is -0.495 e. The lowest BCUT2D eigenvalue weighted by atomic mass is 10.1. The van der Waals surface area contributed by atoms with Crippen molar-refractivity contribution in [2.45, 2.75) is 33.1 Å². The molecule has 2 N–H and O–H groups in total. The number of anilines is 2. The van der Waals surface area contributed by atoms with Crippen LogP contribution >= 0.6 is 0 Å².